The Hall–Kier alpha value is -2.10. The van der Waals surface area contributed by atoms with Crippen LogP contribution in [0.2, 0.25) is 0 Å². The van der Waals surface area contributed by atoms with Gasteiger partial charge in [-0.25, -0.2) is 4.79 Å². The topological polar surface area (TPSA) is 46.6 Å². The number of carbonyl (C=O) groups is 2. The molecule has 0 N–H and O–H groups in total. The lowest BCUT2D eigenvalue weighted by Crippen LogP contribution is -2.50. The summed E-state index contributed by atoms with van der Waals surface area (Å²) in [5, 5.41) is 0. The fraction of sp³-hybridized carbons (Fsp3) is 0.444. The Morgan fingerprint density at radius 1 is 1.41 bits per heavy atom. The van der Waals surface area contributed by atoms with Gasteiger partial charge in [0, 0.05) is 12.0 Å². The summed E-state index contributed by atoms with van der Waals surface area (Å²) < 4.78 is 4.95. The number of nitrogens with zero attached hydrogens (tertiary/aromatic N) is 1. The summed E-state index contributed by atoms with van der Waals surface area (Å²) in [5.41, 5.74) is 1.63. The second-order valence-electron chi connectivity index (χ2n) is 6.17. The van der Waals surface area contributed by atoms with E-state index in [1.165, 1.54) is 12.7 Å². The lowest BCUT2D eigenvalue weighted by Gasteiger charge is -2.41. The Morgan fingerprint density at radius 3 is 2.68 bits per heavy atom. The van der Waals surface area contributed by atoms with Crippen LogP contribution in [0.3, 0.4) is 0 Å². The zero-order valence-corrected chi connectivity index (χ0v) is 13.4. The largest absolute Gasteiger partial charge is 0.453 e. The monoisotopic (exact) mass is 301 g/mol. The molecule has 22 heavy (non-hydrogen) atoms. The van der Waals surface area contributed by atoms with E-state index in [1.54, 1.807) is 4.90 Å². The van der Waals surface area contributed by atoms with Crippen molar-refractivity contribution in [3.05, 3.63) is 47.5 Å². The molecule has 1 amide bonds. The lowest BCUT2D eigenvalue weighted by molar-refractivity contribution is -0.118. The van der Waals surface area contributed by atoms with Crippen molar-refractivity contribution >= 4 is 12.4 Å². The van der Waals surface area contributed by atoms with Crippen LogP contribution < -0.4 is 0 Å². The van der Waals surface area contributed by atoms with Crippen molar-refractivity contribution in [3.8, 4) is 0 Å². The smallest absolute Gasteiger partial charge is 0.410 e. The Labute approximate surface area is 131 Å². The van der Waals surface area contributed by atoms with Gasteiger partial charge in [-0.3, -0.25) is 4.90 Å². The highest BCUT2D eigenvalue weighted by atomic mass is 16.5. The molecule has 0 unspecified atom stereocenters. The molecule has 0 saturated heterocycles. The average molecular weight is 301 g/mol. The molecule has 0 radical (unpaired) electrons. The SMILES string of the molecule is COC(=O)N(Cc1ccccc1)[C@H]1C=C(C)CC[C@@]1(C)C=O. The Bertz CT molecular complexity index is 567. The van der Waals surface area contributed by atoms with E-state index in [1.807, 2.05) is 50.3 Å². The number of benzene rings is 1. The highest BCUT2D eigenvalue weighted by molar-refractivity contribution is 5.71. The zero-order chi connectivity index (χ0) is 16.2. The first-order valence-corrected chi connectivity index (χ1v) is 7.52. The van der Waals surface area contributed by atoms with Gasteiger partial charge in [-0.15, -0.1) is 0 Å². The van der Waals surface area contributed by atoms with Gasteiger partial charge in [0.15, 0.2) is 0 Å². The first-order chi connectivity index (χ1) is 10.5. The van der Waals surface area contributed by atoms with Crippen molar-refractivity contribution in [2.75, 3.05) is 7.11 Å². The van der Waals surface area contributed by atoms with Gasteiger partial charge in [0.1, 0.15) is 6.29 Å². The first kappa shape index (κ1) is 16.3. The molecule has 1 aliphatic carbocycles. The average Bonchev–Trinajstić information content (AvgIpc) is 2.55. The molecule has 0 heterocycles. The third-order valence-electron chi connectivity index (χ3n) is 4.39. The quantitative estimate of drug-likeness (QED) is 0.631. The van der Waals surface area contributed by atoms with Gasteiger partial charge in [0.2, 0.25) is 0 Å². The van der Waals surface area contributed by atoms with E-state index in [4.69, 9.17) is 4.74 Å². The molecule has 1 aliphatic rings. The number of ether oxygens (including phenoxy) is 1. The van der Waals surface area contributed by atoms with Crippen molar-refractivity contribution in [1.29, 1.82) is 0 Å². The Kier molecular flexibility index (Phi) is 5.01. The third kappa shape index (κ3) is 3.38. The summed E-state index contributed by atoms with van der Waals surface area (Å²) in [4.78, 5) is 25.6. The number of methoxy groups -OCH3 is 1. The Balaban J connectivity index is 2.36. The van der Waals surface area contributed by atoms with E-state index in [9.17, 15) is 9.59 Å². The van der Waals surface area contributed by atoms with Crippen molar-refractivity contribution in [1.82, 2.24) is 4.90 Å². The molecule has 0 spiro atoms. The molecule has 2 rings (SSSR count). The summed E-state index contributed by atoms with van der Waals surface area (Å²) in [6, 6.07) is 9.46. The molecule has 0 bridgehead atoms. The van der Waals surface area contributed by atoms with Gasteiger partial charge in [-0.1, -0.05) is 48.9 Å². The fourth-order valence-corrected chi connectivity index (χ4v) is 2.91. The molecule has 1 aromatic carbocycles. The maximum absolute atomic E-state index is 12.3. The molecule has 4 heteroatoms. The van der Waals surface area contributed by atoms with Crippen LogP contribution in [0.1, 0.15) is 32.3 Å². The second kappa shape index (κ2) is 6.77. The molecule has 4 nitrogen and oxygen atoms in total. The minimum Gasteiger partial charge on any atom is -0.453 e. The highest BCUT2D eigenvalue weighted by Crippen LogP contribution is 2.37. The normalized spacial score (nSPS) is 24.3. The first-order valence-electron chi connectivity index (χ1n) is 7.52. The van der Waals surface area contributed by atoms with E-state index in [0.29, 0.717) is 6.54 Å². The lowest BCUT2D eigenvalue weighted by atomic mass is 9.73. The van der Waals surface area contributed by atoms with Crippen LogP contribution in [-0.2, 0) is 16.1 Å². The van der Waals surface area contributed by atoms with Crippen LogP contribution in [-0.4, -0.2) is 30.4 Å². The number of allylic oxidation sites excluding steroid dienone is 1. The maximum atomic E-state index is 12.3. The highest BCUT2D eigenvalue weighted by Gasteiger charge is 2.41. The summed E-state index contributed by atoms with van der Waals surface area (Å²) in [6.07, 6.45) is 4.21. The number of hydrogen-bond donors (Lipinski definition) is 0. The van der Waals surface area contributed by atoms with E-state index in [-0.39, 0.29) is 6.04 Å². The molecule has 0 aromatic heterocycles. The molecule has 0 aliphatic heterocycles. The predicted octanol–water partition coefficient (Wildman–Crippen LogP) is 3.57. The van der Waals surface area contributed by atoms with Crippen LogP contribution in [0.25, 0.3) is 0 Å². The summed E-state index contributed by atoms with van der Waals surface area (Å²) in [5.74, 6) is 0. The van der Waals surface area contributed by atoms with Crippen molar-refractivity contribution in [2.45, 2.75) is 39.3 Å². The molecule has 118 valence electrons. The summed E-state index contributed by atoms with van der Waals surface area (Å²) >= 11 is 0. The fourth-order valence-electron chi connectivity index (χ4n) is 2.91. The standard InChI is InChI=1S/C18H23NO3/c1-14-9-10-18(2,13-20)16(11-14)19(17(21)22-3)12-15-7-5-4-6-8-15/h4-8,11,13,16H,9-10,12H2,1-3H3/t16-,18-/m0/s1. The zero-order valence-electron chi connectivity index (χ0n) is 13.4. The van der Waals surface area contributed by atoms with Crippen molar-refractivity contribution in [2.24, 2.45) is 5.41 Å². The van der Waals surface area contributed by atoms with Crippen LogP contribution >= 0.6 is 0 Å². The van der Waals surface area contributed by atoms with Crippen molar-refractivity contribution in [3.63, 3.8) is 0 Å². The summed E-state index contributed by atoms with van der Waals surface area (Å²) in [6.45, 7) is 4.37. The molecule has 2 atom stereocenters. The van der Waals surface area contributed by atoms with Crippen LogP contribution in [0.5, 0.6) is 0 Å². The number of carbonyl (C=O) groups excluding carboxylic acids is 2. The molecule has 1 aromatic rings. The van der Waals surface area contributed by atoms with Crippen LogP contribution in [0, 0.1) is 5.41 Å². The van der Waals surface area contributed by atoms with Gasteiger partial charge >= 0.3 is 6.09 Å². The van der Waals surface area contributed by atoms with E-state index in [2.05, 4.69) is 0 Å². The third-order valence-corrected chi connectivity index (χ3v) is 4.39. The number of amides is 1. The summed E-state index contributed by atoms with van der Waals surface area (Å²) in [7, 11) is 1.37. The van der Waals surface area contributed by atoms with Gasteiger partial charge in [-0.2, -0.15) is 0 Å². The van der Waals surface area contributed by atoms with E-state index in [0.717, 1.165) is 24.7 Å². The van der Waals surface area contributed by atoms with Gasteiger partial charge in [-0.05, 0) is 25.3 Å². The number of rotatable bonds is 4. The molecule has 0 fully saturated rings. The predicted molar refractivity (Wildman–Crippen MR) is 85.3 cm³/mol. The minimum absolute atomic E-state index is 0.286. The minimum atomic E-state index is -0.581. The Morgan fingerprint density at radius 2 is 2.09 bits per heavy atom. The molecular weight excluding hydrogens is 278 g/mol. The van der Waals surface area contributed by atoms with Gasteiger partial charge < -0.3 is 9.53 Å². The van der Waals surface area contributed by atoms with Crippen LogP contribution in [0.15, 0.2) is 42.0 Å². The number of aldehydes is 1. The maximum Gasteiger partial charge on any atom is 0.410 e. The molecule has 0 saturated carbocycles. The molecular formula is C18H23NO3. The van der Waals surface area contributed by atoms with Gasteiger partial charge in [0.25, 0.3) is 0 Å². The van der Waals surface area contributed by atoms with E-state index < -0.39 is 11.5 Å². The van der Waals surface area contributed by atoms with Gasteiger partial charge in [0.05, 0.1) is 13.2 Å². The van der Waals surface area contributed by atoms with E-state index >= 15 is 0 Å². The second-order valence-corrected chi connectivity index (χ2v) is 6.17. The number of hydrogen-bond acceptors (Lipinski definition) is 3. The van der Waals surface area contributed by atoms with Crippen molar-refractivity contribution < 1.29 is 14.3 Å². The van der Waals surface area contributed by atoms with Crippen LogP contribution in [0.4, 0.5) is 4.79 Å².